The summed E-state index contributed by atoms with van der Waals surface area (Å²) >= 11 is 3.29. The van der Waals surface area contributed by atoms with Gasteiger partial charge in [0.2, 0.25) is 5.13 Å². The molecule has 1 fully saturated rings. The summed E-state index contributed by atoms with van der Waals surface area (Å²) in [6.07, 6.45) is 0. The molecule has 0 saturated carbocycles. The highest BCUT2D eigenvalue weighted by Gasteiger charge is 2.24. The maximum Gasteiger partial charge on any atom is 0.253 e. The third kappa shape index (κ3) is 3.05. The number of amides is 1. The van der Waals surface area contributed by atoms with Crippen molar-refractivity contribution in [2.24, 2.45) is 0 Å². The molecule has 0 bridgehead atoms. The SMILES string of the molecule is O=C(c1ccccc1)N1CCN(c2nnc(-c3cccs3)s2)CC1. The molecule has 1 aromatic carbocycles. The van der Waals surface area contributed by atoms with Crippen LogP contribution in [0, 0.1) is 0 Å². The molecule has 0 atom stereocenters. The number of hydrogen-bond acceptors (Lipinski definition) is 6. The summed E-state index contributed by atoms with van der Waals surface area (Å²) in [6, 6.07) is 13.5. The molecule has 1 saturated heterocycles. The lowest BCUT2D eigenvalue weighted by molar-refractivity contribution is 0.0746. The summed E-state index contributed by atoms with van der Waals surface area (Å²) in [5, 5.41) is 12.6. The first-order valence-corrected chi connectivity index (χ1v) is 9.47. The molecule has 1 aliphatic heterocycles. The molecule has 4 rings (SSSR count). The third-order valence-corrected chi connectivity index (χ3v) is 6.03. The minimum atomic E-state index is 0.104. The lowest BCUT2D eigenvalue weighted by Crippen LogP contribution is -2.48. The number of piperazine rings is 1. The van der Waals surface area contributed by atoms with Gasteiger partial charge in [-0.05, 0) is 23.6 Å². The molecular formula is C17H16N4OS2. The summed E-state index contributed by atoms with van der Waals surface area (Å²) in [6.45, 7) is 3.00. The van der Waals surface area contributed by atoms with E-state index in [9.17, 15) is 4.79 Å². The van der Waals surface area contributed by atoms with Gasteiger partial charge in [-0.2, -0.15) is 0 Å². The first kappa shape index (κ1) is 15.3. The van der Waals surface area contributed by atoms with Gasteiger partial charge in [0, 0.05) is 31.7 Å². The molecule has 0 aliphatic carbocycles. The molecule has 5 nitrogen and oxygen atoms in total. The summed E-state index contributed by atoms with van der Waals surface area (Å²) in [5.41, 5.74) is 0.752. The summed E-state index contributed by atoms with van der Waals surface area (Å²) in [4.78, 5) is 17.8. The van der Waals surface area contributed by atoms with E-state index in [1.165, 1.54) is 0 Å². The van der Waals surface area contributed by atoms with Gasteiger partial charge in [-0.1, -0.05) is 35.6 Å². The van der Waals surface area contributed by atoms with Gasteiger partial charge in [-0.3, -0.25) is 4.79 Å². The highest BCUT2D eigenvalue weighted by atomic mass is 32.1. The predicted molar refractivity (Wildman–Crippen MR) is 97.8 cm³/mol. The van der Waals surface area contributed by atoms with Crippen molar-refractivity contribution in [3.63, 3.8) is 0 Å². The van der Waals surface area contributed by atoms with Gasteiger partial charge in [0.25, 0.3) is 5.91 Å². The quantitative estimate of drug-likeness (QED) is 0.723. The Kier molecular flexibility index (Phi) is 4.27. The zero-order chi connectivity index (χ0) is 16.4. The minimum Gasteiger partial charge on any atom is -0.343 e. The fourth-order valence-electron chi connectivity index (χ4n) is 2.71. The van der Waals surface area contributed by atoms with Crippen molar-refractivity contribution in [2.75, 3.05) is 31.1 Å². The predicted octanol–water partition coefficient (Wildman–Crippen LogP) is 3.23. The van der Waals surface area contributed by atoms with Crippen molar-refractivity contribution >= 4 is 33.7 Å². The molecule has 1 aliphatic rings. The summed E-state index contributed by atoms with van der Waals surface area (Å²) in [5.74, 6) is 0.104. The van der Waals surface area contributed by atoms with E-state index in [4.69, 9.17) is 0 Å². The number of aromatic nitrogens is 2. The Hall–Kier alpha value is -2.25. The van der Waals surface area contributed by atoms with Crippen LogP contribution in [0.3, 0.4) is 0 Å². The van der Waals surface area contributed by atoms with Crippen molar-refractivity contribution in [3.05, 3.63) is 53.4 Å². The molecule has 2 aromatic heterocycles. The number of thiophene rings is 1. The lowest BCUT2D eigenvalue weighted by atomic mass is 10.2. The van der Waals surface area contributed by atoms with Gasteiger partial charge in [-0.25, -0.2) is 0 Å². The first-order chi connectivity index (χ1) is 11.8. The molecule has 24 heavy (non-hydrogen) atoms. The van der Waals surface area contributed by atoms with Crippen molar-refractivity contribution in [3.8, 4) is 9.88 Å². The van der Waals surface area contributed by atoms with Crippen LogP contribution in [0.4, 0.5) is 5.13 Å². The van der Waals surface area contributed by atoms with E-state index >= 15 is 0 Å². The van der Waals surface area contributed by atoms with E-state index in [-0.39, 0.29) is 5.91 Å². The maximum atomic E-state index is 12.5. The number of carbonyl (C=O) groups excluding carboxylic acids is 1. The monoisotopic (exact) mass is 356 g/mol. The topological polar surface area (TPSA) is 49.3 Å². The number of hydrogen-bond donors (Lipinski definition) is 0. The first-order valence-electron chi connectivity index (χ1n) is 7.78. The maximum absolute atomic E-state index is 12.5. The molecule has 0 unspecified atom stereocenters. The second-order valence-electron chi connectivity index (χ2n) is 5.51. The largest absolute Gasteiger partial charge is 0.343 e. The van der Waals surface area contributed by atoms with Gasteiger partial charge in [0.05, 0.1) is 4.88 Å². The number of nitrogens with zero attached hydrogens (tertiary/aromatic N) is 4. The lowest BCUT2D eigenvalue weighted by Gasteiger charge is -2.34. The minimum absolute atomic E-state index is 0.104. The van der Waals surface area contributed by atoms with E-state index in [1.54, 1.807) is 22.7 Å². The molecule has 122 valence electrons. The van der Waals surface area contributed by atoms with Gasteiger partial charge in [0.1, 0.15) is 0 Å². The van der Waals surface area contributed by atoms with Crippen molar-refractivity contribution in [1.82, 2.24) is 15.1 Å². The van der Waals surface area contributed by atoms with Crippen LogP contribution in [0.2, 0.25) is 0 Å². The summed E-state index contributed by atoms with van der Waals surface area (Å²) in [7, 11) is 0. The fraction of sp³-hybridized carbons (Fsp3) is 0.235. The van der Waals surface area contributed by atoms with E-state index in [2.05, 4.69) is 21.2 Å². The molecule has 3 heterocycles. The van der Waals surface area contributed by atoms with Gasteiger partial charge in [-0.15, -0.1) is 21.5 Å². The smallest absolute Gasteiger partial charge is 0.253 e. The Bertz CT molecular complexity index is 808. The standard InChI is InChI=1S/C17H16N4OS2/c22-16(13-5-2-1-3-6-13)20-8-10-21(11-9-20)17-19-18-15(24-17)14-7-4-12-23-14/h1-7,12H,8-11H2. The van der Waals surface area contributed by atoms with Crippen LogP contribution in [0.1, 0.15) is 10.4 Å². The average molecular weight is 356 g/mol. The Morgan fingerprint density at radius 3 is 2.46 bits per heavy atom. The van der Waals surface area contributed by atoms with Crippen molar-refractivity contribution < 1.29 is 4.79 Å². The van der Waals surface area contributed by atoms with Crippen LogP contribution in [0.25, 0.3) is 9.88 Å². The summed E-state index contributed by atoms with van der Waals surface area (Å²) < 4.78 is 0. The number of carbonyl (C=O) groups is 1. The number of anilines is 1. The van der Waals surface area contributed by atoms with Crippen LogP contribution in [-0.4, -0.2) is 47.2 Å². The van der Waals surface area contributed by atoms with E-state index < -0.39 is 0 Å². The zero-order valence-corrected chi connectivity index (χ0v) is 14.6. The molecule has 0 N–H and O–H groups in total. The Labute approximate surface area is 148 Å². The Morgan fingerprint density at radius 1 is 0.958 bits per heavy atom. The van der Waals surface area contributed by atoms with E-state index in [0.29, 0.717) is 13.1 Å². The second-order valence-corrected chi connectivity index (χ2v) is 7.42. The molecular weight excluding hydrogens is 340 g/mol. The molecule has 7 heteroatoms. The zero-order valence-electron chi connectivity index (χ0n) is 13.0. The van der Waals surface area contributed by atoms with Crippen LogP contribution < -0.4 is 4.90 Å². The fourth-order valence-corrected chi connectivity index (χ4v) is 4.40. The van der Waals surface area contributed by atoms with Crippen LogP contribution in [0.15, 0.2) is 47.8 Å². The highest BCUT2D eigenvalue weighted by molar-refractivity contribution is 7.22. The van der Waals surface area contributed by atoms with Crippen LogP contribution in [0.5, 0.6) is 0 Å². The second kappa shape index (κ2) is 6.70. The third-order valence-electron chi connectivity index (χ3n) is 4.00. The van der Waals surface area contributed by atoms with E-state index in [1.807, 2.05) is 46.7 Å². The normalized spacial score (nSPS) is 14.8. The Morgan fingerprint density at radius 2 is 1.75 bits per heavy atom. The number of benzene rings is 1. The highest BCUT2D eigenvalue weighted by Crippen LogP contribution is 2.31. The van der Waals surface area contributed by atoms with Gasteiger partial charge < -0.3 is 9.80 Å². The van der Waals surface area contributed by atoms with Crippen LogP contribution in [-0.2, 0) is 0 Å². The molecule has 0 radical (unpaired) electrons. The number of rotatable bonds is 3. The van der Waals surface area contributed by atoms with Crippen LogP contribution >= 0.6 is 22.7 Å². The van der Waals surface area contributed by atoms with Gasteiger partial charge in [0.15, 0.2) is 5.01 Å². The van der Waals surface area contributed by atoms with Crippen molar-refractivity contribution in [2.45, 2.75) is 0 Å². The average Bonchev–Trinajstić information content (AvgIpc) is 3.33. The molecule has 3 aromatic rings. The van der Waals surface area contributed by atoms with Gasteiger partial charge >= 0.3 is 0 Å². The molecule has 1 amide bonds. The Balaban J connectivity index is 1.40. The van der Waals surface area contributed by atoms with E-state index in [0.717, 1.165) is 33.7 Å². The molecule has 0 spiro atoms. The van der Waals surface area contributed by atoms with Crippen molar-refractivity contribution in [1.29, 1.82) is 0 Å².